The topological polar surface area (TPSA) is 37.4 Å². The van der Waals surface area contributed by atoms with Crippen LogP contribution in [0, 0.1) is 6.92 Å². The number of pyridine rings is 1. The number of rotatable bonds is 4. The van der Waals surface area contributed by atoms with E-state index in [2.05, 4.69) is 36.2 Å². The molecule has 110 valence electrons. The fourth-order valence-corrected chi connectivity index (χ4v) is 2.74. The Kier molecular flexibility index (Phi) is 4.22. The molecule has 0 aromatic carbocycles. The van der Waals surface area contributed by atoms with Gasteiger partial charge in [0.2, 0.25) is 0 Å². The number of nitrogens with zero attached hydrogens (tertiary/aromatic N) is 2. The standard InChI is InChI=1S/C16H25N3O/c1-12-8-14(10-17-15-4-5-15)9-16(18-12)19-6-3-7-20-13(2)11-19/h8-9,13,15,17H,3-7,10-11H2,1-2H3. The highest BCUT2D eigenvalue weighted by molar-refractivity contribution is 5.43. The van der Waals surface area contributed by atoms with Gasteiger partial charge in [-0.1, -0.05) is 0 Å². The second kappa shape index (κ2) is 6.10. The Balaban J connectivity index is 1.73. The summed E-state index contributed by atoms with van der Waals surface area (Å²) < 4.78 is 5.72. The number of aryl methyl sites for hydroxylation is 1. The van der Waals surface area contributed by atoms with E-state index in [0.29, 0.717) is 0 Å². The maximum Gasteiger partial charge on any atom is 0.129 e. The van der Waals surface area contributed by atoms with Crippen LogP contribution in [0.4, 0.5) is 5.82 Å². The van der Waals surface area contributed by atoms with Gasteiger partial charge in [0.1, 0.15) is 5.82 Å². The molecule has 1 saturated heterocycles. The first kappa shape index (κ1) is 13.8. The fraction of sp³-hybridized carbons (Fsp3) is 0.688. The van der Waals surface area contributed by atoms with Gasteiger partial charge in [-0.15, -0.1) is 0 Å². The van der Waals surface area contributed by atoms with E-state index in [9.17, 15) is 0 Å². The molecule has 2 aliphatic rings. The summed E-state index contributed by atoms with van der Waals surface area (Å²) in [6.07, 6.45) is 4.03. The summed E-state index contributed by atoms with van der Waals surface area (Å²) in [5.74, 6) is 1.11. The minimum Gasteiger partial charge on any atom is -0.377 e. The van der Waals surface area contributed by atoms with E-state index in [1.165, 1.54) is 18.4 Å². The molecular weight excluding hydrogens is 250 g/mol. The van der Waals surface area contributed by atoms with Crippen molar-refractivity contribution in [2.75, 3.05) is 24.6 Å². The van der Waals surface area contributed by atoms with E-state index in [-0.39, 0.29) is 6.10 Å². The molecule has 1 atom stereocenters. The molecule has 0 spiro atoms. The molecular formula is C16H25N3O. The molecule has 3 rings (SSSR count). The Morgan fingerprint density at radius 3 is 3.05 bits per heavy atom. The third kappa shape index (κ3) is 3.70. The molecule has 4 heteroatoms. The maximum absolute atomic E-state index is 5.72. The van der Waals surface area contributed by atoms with Gasteiger partial charge in [0.25, 0.3) is 0 Å². The summed E-state index contributed by atoms with van der Waals surface area (Å²) in [7, 11) is 0. The number of hydrogen-bond donors (Lipinski definition) is 1. The average Bonchev–Trinajstić information content (AvgIpc) is 3.23. The lowest BCUT2D eigenvalue weighted by atomic mass is 10.2. The van der Waals surface area contributed by atoms with Gasteiger partial charge in [0.15, 0.2) is 0 Å². The molecule has 1 aromatic rings. The summed E-state index contributed by atoms with van der Waals surface area (Å²) >= 11 is 0. The fourth-order valence-electron chi connectivity index (χ4n) is 2.74. The van der Waals surface area contributed by atoms with Crippen LogP contribution < -0.4 is 10.2 Å². The van der Waals surface area contributed by atoms with E-state index in [1.807, 2.05) is 0 Å². The van der Waals surface area contributed by atoms with Crippen LogP contribution in [-0.4, -0.2) is 36.8 Å². The van der Waals surface area contributed by atoms with E-state index in [1.54, 1.807) is 0 Å². The third-order valence-electron chi connectivity index (χ3n) is 3.95. The molecule has 1 aliphatic carbocycles. The Morgan fingerprint density at radius 1 is 1.40 bits per heavy atom. The summed E-state index contributed by atoms with van der Waals surface area (Å²) in [5.41, 5.74) is 2.45. The van der Waals surface area contributed by atoms with E-state index in [4.69, 9.17) is 9.72 Å². The van der Waals surface area contributed by atoms with Crippen molar-refractivity contribution >= 4 is 5.82 Å². The Morgan fingerprint density at radius 2 is 2.25 bits per heavy atom. The monoisotopic (exact) mass is 275 g/mol. The van der Waals surface area contributed by atoms with Crippen LogP contribution in [-0.2, 0) is 11.3 Å². The largest absolute Gasteiger partial charge is 0.377 e. The Hall–Kier alpha value is -1.13. The number of ether oxygens (including phenoxy) is 1. The lowest BCUT2D eigenvalue weighted by molar-refractivity contribution is 0.0820. The van der Waals surface area contributed by atoms with E-state index in [0.717, 1.165) is 50.2 Å². The van der Waals surface area contributed by atoms with Crippen LogP contribution in [0.25, 0.3) is 0 Å². The van der Waals surface area contributed by atoms with Crippen LogP contribution in [0.15, 0.2) is 12.1 Å². The zero-order chi connectivity index (χ0) is 13.9. The van der Waals surface area contributed by atoms with Gasteiger partial charge in [0, 0.05) is 38.0 Å². The maximum atomic E-state index is 5.72. The molecule has 0 bridgehead atoms. The van der Waals surface area contributed by atoms with E-state index < -0.39 is 0 Å². The summed E-state index contributed by atoms with van der Waals surface area (Å²) in [6.45, 7) is 8.02. The van der Waals surface area contributed by atoms with Crippen LogP contribution >= 0.6 is 0 Å². The van der Waals surface area contributed by atoms with E-state index >= 15 is 0 Å². The SMILES string of the molecule is Cc1cc(CNC2CC2)cc(N2CCCOC(C)C2)n1. The van der Waals surface area contributed by atoms with Crippen molar-refractivity contribution in [3.63, 3.8) is 0 Å². The molecule has 0 radical (unpaired) electrons. The smallest absolute Gasteiger partial charge is 0.129 e. The summed E-state index contributed by atoms with van der Waals surface area (Å²) in [5, 5.41) is 3.58. The summed E-state index contributed by atoms with van der Waals surface area (Å²) in [6, 6.07) is 5.18. The number of aromatic nitrogens is 1. The Bertz CT molecular complexity index is 459. The van der Waals surface area contributed by atoms with Gasteiger partial charge in [-0.25, -0.2) is 4.98 Å². The van der Waals surface area contributed by atoms with Crippen LogP contribution in [0.2, 0.25) is 0 Å². The molecule has 1 saturated carbocycles. The van der Waals surface area contributed by atoms with Crippen molar-refractivity contribution in [1.82, 2.24) is 10.3 Å². The molecule has 1 N–H and O–H groups in total. The molecule has 20 heavy (non-hydrogen) atoms. The lowest BCUT2D eigenvalue weighted by Crippen LogP contribution is -2.31. The quantitative estimate of drug-likeness (QED) is 0.914. The molecule has 2 fully saturated rings. The normalized spacial score (nSPS) is 23.7. The highest BCUT2D eigenvalue weighted by atomic mass is 16.5. The minimum atomic E-state index is 0.285. The molecule has 2 heterocycles. The first-order chi connectivity index (χ1) is 9.70. The van der Waals surface area contributed by atoms with Crippen molar-refractivity contribution in [2.24, 2.45) is 0 Å². The predicted molar refractivity (Wildman–Crippen MR) is 81.1 cm³/mol. The van der Waals surface area contributed by atoms with Gasteiger partial charge in [0.05, 0.1) is 6.10 Å². The van der Waals surface area contributed by atoms with Crippen molar-refractivity contribution in [1.29, 1.82) is 0 Å². The lowest BCUT2D eigenvalue weighted by Gasteiger charge is -2.24. The van der Waals surface area contributed by atoms with Gasteiger partial charge >= 0.3 is 0 Å². The second-order valence-corrected chi connectivity index (χ2v) is 6.11. The first-order valence-corrected chi connectivity index (χ1v) is 7.78. The highest BCUT2D eigenvalue weighted by Crippen LogP contribution is 2.21. The van der Waals surface area contributed by atoms with Crippen LogP contribution in [0.1, 0.15) is 37.4 Å². The van der Waals surface area contributed by atoms with Gasteiger partial charge in [-0.2, -0.15) is 0 Å². The minimum absolute atomic E-state index is 0.285. The molecule has 1 aromatic heterocycles. The average molecular weight is 275 g/mol. The van der Waals surface area contributed by atoms with Gasteiger partial charge in [-0.3, -0.25) is 0 Å². The first-order valence-electron chi connectivity index (χ1n) is 7.78. The third-order valence-corrected chi connectivity index (χ3v) is 3.95. The summed E-state index contributed by atoms with van der Waals surface area (Å²) in [4.78, 5) is 7.09. The van der Waals surface area contributed by atoms with Crippen molar-refractivity contribution < 1.29 is 4.74 Å². The zero-order valence-electron chi connectivity index (χ0n) is 12.6. The number of hydrogen-bond acceptors (Lipinski definition) is 4. The number of nitrogens with one attached hydrogen (secondary N) is 1. The van der Waals surface area contributed by atoms with Crippen molar-refractivity contribution in [2.45, 2.75) is 51.8 Å². The van der Waals surface area contributed by atoms with Crippen LogP contribution in [0.5, 0.6) is 0 Å². The number of anilines is 1. The highest BCUT2D eigenvalue weighted by Gasteiger charge is 2.21. The molecule has 1 unspecified atom stereocenters. The van der Waals surface area contributed by atoms with Crippen molar-refractivity contribution in [3.05, 3.63) is 23.4 Å². The predicted octanol–water partition coefficient (Wildman–Crippen LogP) is 2.26. The Labute approximate surface area is 121 Å². The molecule has 0 amide bonds. The van der Waals surface area contributed by atoms with Crippen LogP contribution in [0.3, 0.4) is 0 Å². The second-order valence-electron chi connectivity index (χ2n) is 6.11. The zero-order valence-corrected chi connectivity index (χ0v) is 12.6. The molecule has 1 aliphatic heterocycles. The van der Waals surface area contributed by atoms with Crippen molar-refractivity contribution in [3.8, 4) is 0 Å². The molecule has 4 nitrogen and oxygen atoms in total. The van der Waals surface area contributed by atoms with Gasteiger partial charge in [-0.05, 0) is 50.8 Å². The van der Waals surface area contributed by atoms with Gasteiger partial charge < -0.3 is 15.0 Å².